The van der Waals surface area contributed by atoms with E-state index in [1.807, 2.05) is 12.1 Å². The summed E-state index contributed by atoms with van der Waals surface area (Å²) in [6.07, 6.45) is 3.75. The molecule has 0 radical (unpaired) electrons. The highest BCUT2D eigenvalue weighted by Crippen LogP contribution is 2.29. The molecule has 11 nitrogen and oxygen atoms in total. The molecule has 2 N–H and O–H groups in total. The van der Waals surface area contributed by atoms with Gasteiger partial charge in [-0.1, -0.05) is 12.2 Å². The second-order valence-corrected chi connectivity index (χ2v) is 8.94. The van der Waals surface area contributed by atoms with Crippen molar-refractivity contribution < 1.29 is 23.9 Å². The number of ether oxygens (including phenoxy) is 2. The van der Waals surface area contributed by atoms with E-state index in [1.165, 1.54) is 0 Å². The van der Waals surface area contributed by atoms with Crippen LogP contribution in [-0.2, 0) is 19.1 Å². The number of ketones is 1. The van der Waals surface area contributed by atoms with Crippen molar-refractivity contribution in [2.75, 3.05) is 68.1 Å². The second kappa shape index (κ2) is 11.9. The molecule has 3 aliphatic rings. The Morgan fingerprint density at radius 2 is 1.83 bits per heavy atom. The van der Waals surface area contributed by atoms with Crippen molar-refractivity contribution in [2.45, 2.75) is 31.4 Å². The van der Waals surface area contributed by atoms with Crippen LogP contribution in [0.1, 0.15) is 19.3 Å². The highest BCUT2D eigenvalue weighted by molar-refractivity contribution is 6.03. The highest BCUT2D eigenvalue weighted by atomic mass is 16.7. The van der Waals surface area contributed by atoms with E-state index in [0.717, 1.165) is 30.2 Å². The van der Waals surface area contributed by atoms with E-state index in [4.69, 9.17) is 14.5 Å². The number of aromatic nitrogens is 1. The first-order chi connectivity index (χ1) is 17.5. The Morgan fingerprint density at radius 1 is 1.08 bits per heavy atom. The van der Waals surface area contributed by atoms with Crippen molar-refractivity contribution in [3.8, 4) is 0 Å². The first-order valence-electron chi connectivity index (χ1n) is 12.3. The fourth-order valence-corrected chi connectivity index (χ4v) is 4.82. The van der Waals surface area contributed by atoms with Gasteiger partial charge in [0.25, 0.3) is 0 Å². The van der Waals surface area contributed by atoms with Crippen molar-refractivity contribution in [3.63, 3.8) is 0 Å². The minimum Gasteiger partial charge on any atom is -0.422 e. The number of carbonyl (C=O) groups is 3. The lowest BCUT2D eigenvalue weighted by atomic mass is 9.97. The number of nitrogens with zero attached hydrogens (tertiary/aromatic N) is 4. The molecule has 11 heteroatoms. The van der Waals surface area contributed by atoms with Crippen molar-refractivity contribution >= 4 is 35.1 Å². The second-order valence-electron chi connectivity index (χ2n) is 8.94. The highest BCUT2D eigenvalue weighted by Gasteiger charge is 2.44. The van der Waals surface area contributed by atoms with Crippen LogP contribution in [0.3, 0.4) is 0 Å². The normalized spacial score (nSPS) is 21.7. The van der Waals surface area contributed by atoms with Crippen LogP contribution in [0.25, 0.3) is 0 Å². The Bertz CT molecular complexity index is 993. The number of anilines is 3. The number of piperidine rings is 1. The van der Waals surface area contributed by atoms with Crippen LogP contribution >= 0.6 is 0 Å². The maximum Gasteiger partial charge on any atom is 0.412 e. The van der Waals surface area contributed by atoms with E-state index in [1.54, 1.807) is 22.0 Å². The lowest BCUT2D eigenvalue weighted by Crippen LogP contribution is -2.54. The number of fused-ring (bicyclic) bond motifs is 1. The summed E-state index contributed by atoms with van der Waals surface area (Å²) in [6, 6.07) is 3.62. The molecule has 4 rings (SSSR count). The first-order valence-corrected chi connectivity index (χ1v) is 12.3. The van der Waals surface area contributed by atoms with Gasteiger partial charge in [-0.25, -0.2) is 9.78 Å². The summed E-state index contributed by atoms with van der Waals surface area (Å²) in [7, 11) is 0. The largest absolute Gasteiger partial charge is 0.422 e. The first kappa shape index (κ1) is 25.5. The molecule has 2 unspecified atom stereocenters. The third-order valence-corrected chi connectivity index (χ3v) is 6.62. The van der Waals surface area contributed by atoms with Crippen LogP contribution in [0.5, 0.6) is 0 Å². The van der Waals surface area contributed by atoms with Gasteiger partial charge in [0, 0.05) is 45.8 Å². The molecule has 0 bridgehead atoms. The van der Waals surface area contributed by atoms with E-state index in [9.17, 15) is 14.4 Å². The molecule has 0 aromatic carbocycles. The smallest absolute Gasteiger partial charge is 0.412 e. The molecule has 1 aromatic rings. The van der Waals surface area contributed by atoms with Gasteiger partial charge in [-0.05, 0) is 25.0 Å². The predicted molar refractivity (Wildman–Crippen MR) is 136 cm³/mol. The molecule has 3 saturated heterocycles. The third kappa shape index (κ3) is 5.78. The van der Waals surface area contributed by atoms with Gasteiger partial charge in [0.2, 0.25) is 5.91 Å². The Labute approximate surface area is 211 Å². The van der Waals surface area contributed by atoms with Crippen molar-refractivity contribution in [2.24, 2.45) is 0 Å². The van der Waals surface area contributed by atoms with E-state index in [0.29, 0.717) is 45.8 Å². The number of hydrogen-bond donors (Lipinski definition) is 2. The molecule has 4 heterocycles. The quantitative estimate of drug-likeness (QED) is 0.283. The average Bonchev–Trinajstić information content (AvgIpc) is 3.39. The average molecular weight is 499 g/mol. The van der Waals surface area contributed by atoms with Crippen molar-refractivity contribution in [3.05, 3.63) is 37.4 Å². The minimum absolute atomic E-state index is 0.142. The lowest BCUT2D eigenvalue weighted by molar-refractivity contribution is -0.160. The molecule has 2 atom stereocenters. The number of Topliss-reactive ketones (excluding diaryl/α,β-unsaturated/α-hetero) is 1. The topological polar surface area (TPSA) is 116 Å². The monoisotopic (exact) mass is 498 g/mol. The van der Waals surface area contributed by atoms with Gasteiger partial charge in [0.15, 0.2) is 18.4 Å². The molecule has 1 aromatic heterocycles. The fourth-order valence-electron chi connectivity index (χ4n) is 4.82. The van der Waals surface area contributed by atoms with Gasteiger partial charge in [-0.3, -0.25) is 9.59 Å². The number of piperazine rings is 1. The lowest BCUT2D eigenvalue weighted by Gasteiger charge is -2.36. The predicted octanol–water partition coefficient (Wildman–Crippen LogP) is 1.84. The summed E-state index contributed by atoms with van der Waals surface area (Å²) < 4.78 is 11.0. The summed E-state index contributed by atoms with van der Waals surface area (Å²) in [5.41, 5.74) is 0.889. The van der Waals surface area contributed by atoms with Crippen LogP contribution in [0.15, 0.2) is 37.4 Å². The number of hydrogen-bond acceptors (Lipinski definition) is 9. The molecule has 36 heavy (non-hydrogen) atoms. The maximum absolute atomic E-state index is 12.6. The van der Waals surface area contributed by atoms with E-state index in [2.05, 4.69) is 28.7 Å². The Kier molecular flexibility index (Phi) is 8.42. The summed E-state index contributed by atoms with van der Waals surface area (Å²) in [4.78, 5) is 47.2. The van der Waals surface area contributed by atoms with Crippen LogP contribution < -0.4 is 15.5 Å². The molecule has 0 aliphatic carbocycles. The van der Waals surface area contributed by atoms with E-state index >= 15 is 0 Å². The molecule has 0 spiro atoms. The summed E-state index contributed by atoms with van der Waals surface area (Å²) in [5.74, 6) is 1.16. The SMILES string of the molecule is C=CCNc1ccc(NCC=C)c(N2CCN(C(=O)OCOC3C(=O)CC(=O)N4CCCC34)CC2)n1. The number of amides is 2. The minimum atomic E-state index is -0.732. The maximum atomic E-state index is 12.6. The molecule has 3 fully saturated rings. The van der Waals surface area contributed by atoms with Crippen molar-refractivity contribution in [1.29, 1.82) is 0 Å². The zero-order valence-electron chi connectivity index (χ0n) is 20.5. The zero-order chi connectivity index (χ0) is 25.5. The number of carbonyl (C=O) groups excluding carboxylic acids is 3. The van der Waals surface area contributed by atoms with Crippen molar-refractivity contribution in [1.82, 2.24) is 14.8 Å². The van der Waals surface area contributed by atoms with Crippen LogP contribution in [0.4, 0.5) is 22.1 Å². The Morgan fingerprint density at radius 3 is 2.58 bits per heavy atom. The Hall–Kier alpha value is -3.60. The van der Waals surface area contributed by atoms with Gasteiger partial charge in [-0.2, -0.15) is 0 Å². The zero-order valence-corrected chi connectivity index (χ0v) is 20.5. The number of pyridine rings is 1. The standard InChI is InChI=1S/C25H34N6O5/c1-3-9-26-18-7-8-21(27-10-4-2)28-24(18)29-12-14-30(15-13-29)25(34)36-17-35-23-19-6-5-11-31(19)22(33)16-20(23)32/h3-4,7-8,19,23,26H,1-2,5-6,9-17H2,(H,27,28). The number of rotatable bonds is 10. The van der Waals surface area contributed by atoms with Gasteiger partial charge in [0.1, 0.15) is 11.9 Å². The molecular weight excluding hydrogens is 464 g/mol. The van der Waals surface area contributed by atoms with Gasteiger partial charge in [-0.15, -0.1) is 13.2 Å². The fraction of sp³-hybridized carbons (Fsp3) is 0.520. The van der Waals surface area contributed by atoms with E-state index in [-0.39, 0.29) is 30.9 Å². The van der Waals surface area contributed by atoms with Crippen LogP contribution in [-0.4, -0.2) is 97.3 Å². The third-order valence-electron chi connectivity index (χ3n) is 6.62. The summed E-state index contributed by atoms with van der Waals surface area (Å²) in [6.45, 7) is 11.1. The summed E-state index contributed by atoms with van der Waals surface area (Å²) in [5, 5.41) is 6.52. The van der Waals surface area contributed by atoms with E-state index < -0.39 is 12.2 Å². The molecule has 194 valence electrons. The molecule has 2 amide bonds. The molecule has 0 saturated carbocycles. The molecule has 3 aliphatic heterocycles. The summed E-state index contributed by atoms with van der Waals surface area (Å²) >= 11 is 0. The molecular formula is C25H34N6O5. The van der Waals surface area contributed by atoms with Gasteiger partial charge < -0.3 is 34.8 Å². The van der Waals surface area contributed by atoms with Crippen LogP contribution in [0.2, 0.25) is 0 Å². The number of nitrogens with one attached hydrogen (secondary N) is 2. The van der Waals surface area contributed by atoms with Gasteiger partial charge in [0.05, 0.1) is 18.2 Å². The van der Waals surface area contributed by atoms with Gasteiger partial charge >= 0.3 is 6.09 Å². The Balaban J connectivity index is 1.29. The van der Waals surface area contributed by atoms with Crippen LogP contribution in [0, 0.1) is 0 Å².